The molecule has 3 amide bonds. The zero-order valence-corrected chi connectivity index (χ0v) is 50.2. The van der Waals surface area contributed by atoms with Crippen molar-refractivity contribution in [2.24, 2.45) is 22.7 Å². The average molecular weight is 1170 g/mol. The van der Waals surface area contributed by atoms with Gasteiger partial charge in [0.05, 0.1) is 59.4 Å². The summed E-state index contributed by atoms with van der Waals surface area (Å²) in [5.74, 6) is -6.54. The third-order valence-corrected chi connectivity index (χ3v) is 18.7. The maximum Gasteiger partial charge on any atom is 0.318 e. The Morgan fingerprint density at radius 3 is 1.41 bits per heavy atom. The van der Waals surface area contributed by atoms with Crippen molar-refractivity contribution in [3.05, 3.63) is 136 Å². The van der Waals surface area contributed by atoms with Gasteiger partial charge in [0.1, 0.15) is 0 Å². The van der Waals surface area contributed by atoms with E-state index in [-0.39, 0.29) is 108 Å². The number of hydrogen-bond donors (Lipinski definition) is 5. The zero-order valence-electron chi connectivity index (χ0n) is 50.2. The summed E-state index contributed by atoms with van der Waals surface area (Å²) in [6, 6.07) is 26.3. The van der Waals surface area contributed by atoms with Crippen LogP contribution in [0.2, 0.25) is 0 Å². The summed E-state index contributed by atoms with van der Waals surface area (Å²) < 4.78 is 43.6. The summed E-state index contributed by atoms with van der Waals surface area (Å²) in [5.41, 5.74) is 1.89. The van der Waals surface area contributed by atoms with E-state index in [4.69, 9.17) is 33.2 Å². The van der Waals surface area contributed by atoms with Crippen molar-refractivity contribution in [2.45, 2.75) is 104 Å². The topological polar surface area (TPSA) is 244 Å². The van der Waals surface area contributed by atoms with Crippen molar-refractivity contribution in [1.29, 1.82) is 0 Å². The van der Waals surface area contributed by atoms with Crippen molar-refractivity contribution in [1.82, 2.24) is 16.0 Å². The predicted octanol–water partition coefficient (Wildman–Crippen LogP) is 11.3. The van der Waals surface area contributed by atoms with Gasteiger partial charge in [0.2, 0.25) is 5.75 Å². The molecule has 0 spiro atoms. The van der Waals surface area contributed by atoms with Gasteiger partial charge in [0, 0.05) is 53.0 Å². The molecule has 3 heterocycles. The van der Waals surface area contributed by atoms with E-state index in [9.17, 15) is 24.6 Å². The highest BCUT2D eigenvalue weighted by Gasteiger charge is 2.63. The highest BCUT2D eigenvalue weighted by atomic mass is 16.6. The number of ether oxygens (including phenoxy) is 7. The van der Waals surface area contributed by atoms with E-state index in [1.54, 1.807) is 79.7 Å². The number of carbonyl (C=O) groups is 6. The summed E-state index contributed by atoms with van der Waals surface area (Å²) >= 11 is 0. The molecule has 6 aromatic rings. The van der Waals surface area contributed by atoms with Crippen molar-refractivity contribution in [3.8, 4) is 73.6 Å². The van der Waals surface area contributed by atoms with Crippen LogP contribution in [0.5, 0.6) is 40.2 Å². The second-order valence-corrected chi connectivity index (χ2v) is 23.6. The van der Waals surface area contributed by atoms with Crippen LogP contribution >= 0.6 is 0 Å². The van der Waals surface area contributed by atoms with E-state index in [2.05, 4.69) is 16.0 Å². The van der Waals surface area contributed by atoms with Gasteiger partial charge in [0.15, 0.2) is 34.5 Å². The number of carboxylic acids is 2. The van der Waals surface area contributed by atoms with Gasteiger partial charge in [-0.05, 0) is 142 Å². The lowest BCUT2D eigenvalue weighted by Gasteiger charge is -2.53. The predicted molar refractivity (Wildman–Crippen MR) is 321 cm³/mol. The molecule has 0 bridgehead atoms. The lowest BCUT2D eigenvalue weighted by Crippen LogP contribution is -2.56. The highest BCUT2D eigenvalue weighted by molar-refractivity contribution is 6.01. The van der Waals surface area contributed by atoms with Gasteiger partial charge in [-0.1, -0.05) is 83.7 Å². The number of carboxylic acid groups (broad SMARTS) is 2. The Kier molecular flexibility index (Phi) is 16.6. The summed E-state index contributed by atoms with van der Waals surface area (Å²) in [5, 5.41) is 33.4. The van der Waals surface area contributed by atoms with Crippen LogP contribution in [0.1, 0.15) is 137 Å². The third kappa shape index (κ3) is 10.0. The molecule has 4 unspecified atom stereocenters. The molecule has 1 fully saturated rings. The number of aliphatic carboxylic acids is 2. The first-order chi connectivity index (χ1) is 41.2. The van der Waals surface area contributed by atoms with E-state index in [0.29, 0.717) is 92.4 Å². The zero-order chi connectivity index (χ0) is 61.6. The number of esters is 1. The monoisotopic (exact) mass is 1170 g/mol. The van der Waals surface area contributed by atoms with Gasteiger partial charge in [0.25, 0.3) is 17.7 Å². The molecule has 0 saturated heterocycles. The SMILES string of the molecule is CCC(CCC(C(=O)Oc1c(-c2ccc3c(c2)CNC3=O)ccc(OC)c1OC)(C(C1CCCC1)C(C(=O)O)c1c(-c2ccc3c(c2)CNC3=O)ccc(OC)c1OC)C(C)(C)C)(C(=O)O)c1c(-c2ccc3c(c2)CNC3=O)ccc(OC)c1OC. The maximum absolute atomic E-state index is 17.4. The molecular formula is C68H73N3O15. The Morgan fingerprint density at radius 1 is 0.535 bits per heavy atom. The van der Waals surface area contributed by atoms with Crippen LogP contribution in [0.4, 0.5) is 0 Å². The second-order valence-electron chi connectivity index (χ2n) is 23.6. The Balaban J connectivity index is 1.28. The van der Waals surface area contributed by atoms with Gasteiger partial charge in [-0.15, -0.1) is 0 Å². The van der Waals surface area contributed by atoms with Crippen molar-refractivity contribution >= 4 is 35.6 Å². The summed E-state index contributed by atoms with van der Waals surface area (Å²) in [4.78, 5) is 86.6. The number of fused-ring (bicyclic) bond motifs is 3. The van der Waals surface area contributed by atoms with Crippen LogP contribution < -0.4 is 49.1 Å². The highest BCUT2D eigenvalue weighted by Crippen LogP contribution is 2.63. The lowest BCUT2D eigenvalue weighted by molar-refractivity contribution is -0.170. The lowest BCUT2D eigenvalue weighted by atomic mass is 9.49. The Hall–Kier alpha value is -9.06. The van der Waals surface area contributed by atoms with Crippen LogP contribution in [0.3, 0.4) is 0 Å². The standard InChI is InChI=1S/C68H73N3O15/c1-11-67(64(77)78,55-44(23-26-50(81-6)58(55)84-9)38-17-20-47-41(31-38)34-70-61(47)73)28-29-68(66(2,3)4,65(79)86-56-45(24-27-51(82-7)59(56)85-10)39-18-21-48-42(32-39)35-71-62(48)74)54(36-14-12-13-15-36)53(63(75)76)52-43(22-25-49(80-5)57(52)83-8)37-16-19-46-40(30-37)33-69-60(46)72/h16-27,30-32,36,53-54H,11-15,28-29,33-35H2,1-10H3,(H,69,72)(H,70,73)(H,71,74)(H,75,76)(H,77,78). The molecule has 10 rings (SSSR count). The van der Waals surface area contributed by atoms with Gasteiger partial charge < -0.3 is 59.3 Å². The summed E-state index contributed by atoms with van der Waals surface area (Å²) in [7, 11) is 8.66. The van der Waals surface area contributed by atoms with E-state index in [0.717, 1.165) is 0 Å². The number of methoxy groups -OCH3 is 6. The first kappa shape index (κ1) is 60.1. The molecule has 18 heteroatoms. The number of nitrogens with one attached hydrogen (secondary N) is 3. The van der Waals surface area contributed by atoms with Crippen LogP contribution in [0, 0.1) is 22.7 Å². The fourth-order valence-electron chi connectivity index (χ4n) is 14.3. The van der Waals surface area contributed by atoms with Gasteiger partial charge in [-0.3, -0.25) is 28.8 Å². The first-order valence-electron chi connectivity index (χ1n) is 28.9. The summed E-state index contributed by atoms with van der Waals surface area (Å²) in [6.07, 6.45) is 1.70. The molecule has 6 aromatic carbocycles. The Labute approximate surface area is 499 Å². The molecule has 86 heavy (non-hydrogen) atoms. The van der Waals surface area contributed by atoms with Crippen LogP contribution in [-0.2, 0) is 39.4 Å². The van der Waals surface area contributed by atoms with Crippen LogP contribution in [0.25, 0.3) is 33.4 Å². The number of carbonyl (C=O) groups excluding carboxylic acids is 4. The minimum Gasteiger partial charge on any atom is -0.493 e. The Bertz CT molecular complexity index is 3730. The molecule has 1 aliphatic carbocycles. The molecule has 3 aliphatic heterocycles. The number of benzene rings is 6. The van der Waals surface area contributed by atoms with Crippen molar-refractivity contribution in [3.63, 3.8) is 0 Å². The quantitative estimate of drug-likeness (QED) is 0.0313. The van der Waals surface area contributed by atoms with Crippen molar-refractivity contribution < 1.29 is 72.1 Å². The molecule has 1 saturated carbocycles. The van der Waals surface area contributed by atoms with E-state index < -0.39 is 51.9 Å². The normalized spacial score (nSPS) is 16.5. The molecule has 4 aliphatic rings. The second kappa shape index (κ2) is 23.8. The fourth-order valence-corrected chi connectivity index (χ4v) is 14.3. The largest absolute Gasteiger partial charge is 0.493 e. The third-order valence-electron chi connectivity index (χ3n) is 18.7. The van der Waals surface area contributed by atoms with Crippen LogP contribution in [0.15, 0.2) is 91.0 Å². The smallest absolute Gasteiger partial charge is 0.318 e. The molecule has 0 radical (unpaired) electrons. The average Bonchev–Trinajstić information content (AvgIpc) is 1.02. The number of hydrogen-bond acceptors (Lipinski definition) is 13. The molecule has 450 valence electrons. The summed E-state index contributed by atoms with van der Waals surface area (Å²) in [6.45, 7) is 8.13. The van der Waals surface area contributed by atoms with Crippen LogP contribution in [-0.4, -0.2) is 88.5 Å². The van der Waals surface area contributed by atoms with Gasteiger partial charge >= 0.3 is 17.9 Å². The van der Waals surface area contributed by atoms with Gasteiger partial charge in [-0.2, -0.15) is 0 Å². The minimum atomic E-state index is -1.99. The van der Waals surface area contributed by atoms with Gasteiger partial charge in [-0.25, -0.2) is 0 Å². The number of amides is 3. The molecule has 5 N–H and O–H groups in total. The Morgan fingerprint density at radius 2 is 0.965 bits per heavy atom. The molecule has 0 aromatic heterocycles. The minimum absolute atomic E-state index is 0.0508. The number of rotatable bonds is 22. The van der Waals surface area contributed by atoms with Crippen molar-refractivity contribution in [2.75, 3.05) is 42.7 Å². The fraction of sp³-hybridized carbons (Fsp3) is 0.382. The molecule has 18 nitrogen and oxygen atoms in total. The van der Waals surface area contributed by atoms with E-state index in [1.807, 2.05) is 39.0 Å². The maximum atomic E-state index is 17.4. The van der Waals surface area contributed by atoms with E-state index >= 15 is 14.4 Å². The molecule has 4 atom stereocenters. The van der Waals surface area contributed by atoms with E-state index in [1.165, 1.54) is 42.7 Å². The molecular weight excluding hydrogens is 1100 g/mol. The first-order valence-corrected chi connectivity index (χ1v) is 28.9.